The van der Waals surface area contributed by atoms with Gasteiger partial charge in [-0.1, -0.05) is 18.5 Å². The van der Waals surface area contributed by atoms with Crippen LogP contribution in [-0.4, -0.2) is 45.5 Å². The SMILES string of the molecule is CCCC1NC(=O)C(C)N(CCc2ncon2)C1=O. The molecule has 1 fully saturated rings. The summed E-state index contributed by atoms with van der Waals surface area (Å²) in [6, 6.07) is -0.855. The third kappa shape index (κ3) is 2.91. The molecular weight excluding hydrogens is 248 g/mol. The Kier molecular flexibility index (Phi) is 4.13. The highest BCUT2D eigenvalue weighted by molar-refractivity contribution is 5.96. The van der Waals surface area contributed by atoms with Crippen molar-refractivity contribution in [3.05, 3.63) is 12.2 Å². The minimum atomic E-state index is -0.451. The fourth-order valence-electron chi connectivity index (χ4n) is 2.20. The summed E-state index contributed by atoms with van der Waals surface area (Å²) in [5.41, 5.74) is 0. The first kappa shape index (κ1) is 13.5. The van der Waals surface area contributed by atoms with E-state index in [1.807, 2.05) is 6.92 Å². The molecule has 1 aliphatic rings. The van der Waals surface area contributed by atoms with Gasteiger partial charge in [0.2, 0.25) is 18.2 Å². The van der Waals surface area contributed by atoms with Gasteiger partial charge in [0, 0.05) is 13.0 Å². The van der Waals surface area contributed by atoms with Gasteiger partial charge in [0.1, 0.15) is 12.1 Å². The molecule has 1 saturated heterocycles. The van der Waals surface area contributed by atoms with E-state index in [2.05, 4.69) is 20.0 Å². The van der Waals surface area contributed by atoms with Gasteiger partial charge in [-0.15, -0.1) is 0 Å². The summed E-state index contributed by atoms with van der Waals surface area (Å²) >= 11 is 0. The second-order valence-electron chi connectivity index (χ2n) is 4.65. The Morgan fingerprint density at radius 3 is 2.89 bits per heavy atom. The van der Waals surface area contributed by atoms with Crippen molar-refractivity contribution in [1.82, 2.24) is 20.4 Å². The Labute approximate surface area is 111 Å². The van der Waals surface area contributed by atoms with Gasteiger partial charge in [-0.3, -0.25) is 9.59 Å². The van der Waals surface area contributed by atoms with Crippen LogP contribution in [-0.2, 0) is 16.0 Å². The molecule has 0 radical (unpaired) electrons. The minimum Gasteiger partial charge on any atom is -0.343 e. The zero-order chi connectivity index (χ0) is 13.8. The van der Waals surface area contributed by atoms with Crippen molar-refractivity contribution < 1.29 is 14.1 Å². The van der Waals surface area contributed by atoms with Crippen LogP contribution in [0.3, 0.4) is 0 Å². The van der Waals surface area contributed by atoms with Crippen LogP contribution in [0.5, 0.6) is 0 Å². The van der Waals surface area contributed by atoms with E-state index < -0.39 is 12.1 Å². The first-order chi connectivity index (χ1) is 9.13. The summed E-state index contributed by atoms with van der Waals surface area (Å²) in [4.78, 5) is 29.6. The maximum Gasteiger partial charge on any atom is 0.245 e. The Morgan fingerprint density at radius 2 is 2.26 bits per heavy atom. The molecule has 2 amide bonds. The molecular formula is C12H18N4O3. The molecule has 0 aromatic carbocycles. The van der Waals surface area contributed by atoms with Crippen molar-refractivity contribution in [3.63, 3.8) is 0 Å². The highest BCUT2D eigenvalue weighted by atomic mass is 16.5. The van der Waals surface area contributed by atoms with Crippen LogP contribution in [0, 0.1) is 0 Å². The van der Waals surface area contributed by atoms with Crippen molar-refractivity contribution in [2.24, 2.45) is 0 Å². The standard InChI is InChI=1S/C12H18N4O3/c1-3-4-9-12(18)16(8(2)11(17)14-9)6-5-10-13-7-19-15-10/h7-9H,3-6H2,1-2H3,(H,14,17). The zero-order valence-electron chi connectivity index (χ0n) is 11.1. The van der Waals surface area contributed by atoms with Crippen LogP contribution in [0.1, 0.15) is 32.5 Å². The second kappa shape index (κ2) is 5.81. The van der Waals surface area contributed by atoms with E-state index in [0.29, 0.717) is 25.2 Å². The predicted octanol–water partition coefficient (Wildman–Crippen LogP) is 0.128. The Hall–Kier alpha value is -1.92. The van der Waals surface area contributed by atoms with E-state index in [-0.39, 0.29) is 11.8 Å². The third-order valence-corrected chi connectivity index (χ3v) is 3.31. The highest BCUT2D eigenvalue weighted by Gasteiger charge is 2.37. The number of hydrogen-bond donors (Lipinski definition) is 1. The molecule has 0 aliphatic carbocycles. The maximum absolute atomic E-state index is 12.3. The molecule has 2 unspecified atom stereocenters. The second-order valence-corrected chi connectivity index (χ2v) is 4.65. The number of carbonyl (C=O) groups is 2. The molecule has 0 saturated carbocycles. The van der Waals surface area contributed by atoms with Crippen molar-refractivity contribution in [1.29, 1.82) is 0 Å². The number of carbonyl (C=O) groups excluding carboxylic acids is 2. The summed E-state index contributed by atoms with van der Waals surface area (Å²) in [7, 11) is 0. The van der Waals surface area contributed by atoms with Crippen molar-refractivity contribution >= 4 is 11.8 Å². The number of aromatic nitrogens is 2. The van der Waals surface area contributed by atoms with Crippen LogP contribution in [0.25, 0.3) is 0 Å². The molecule has 1 aliphatic heterocycles. The zero-order valence-corrected chi connectivity index (χ0v) is 11.1. The summed E-state index contributed by atoms with van der Waals surface area (Å²) in [6.45, 7) is 4.14. The van der Waals surface area contributed by atoms with E-state index >= 15 is 0 Å². The molecule has 2 atom stereocenters. The molecule has 7 nitrogen and oxygen atoms in total. The van der Waals surface area contributed by atoms with E-state index in [9.17, 15) is 9.59 Å². The predicted molar refractivity (Wildman–Crippen MR) is 66.0 cm³/mol. The number of rotatable bonds is 5. The van der Waals surface area contributed by atoms with Gasteiger partial charge in [-0.25, -0.2) is 0 Å². The fraction of sp³-hybridized carbons (Fsp3) is 0.667. The Bertz CT molecular complexity index is 446. The molecule has 2 rings (SSSR count). The number of amides is 2. The average molecular weight is 266 g/mol. The molecule has 0 bridgehead atoms. The normalized spacial score (nSPS) is 23.6. The summed E-state index contributed by atoms with van der Waals surface area (Å²) < 4.78 is 4.65. The number of piperazine rings is 1. The molecule has 19 heavy (non-hydrogen) atoms. The highest BCUT2D eigenvalue weighted by Crippen LogP contribution is 2.13. The summed E-state index contributed by atoms with van der Waals surface area (Å²) in [6.07, 6.45) is 3.25. The first-order valence-electron chi connectivity index (χ1n) is 6.49. The summed E-state index contributed by atoms with van der Waals surface area (Å²) in [5, 5.41) is 6.46. The minimum absolute atomic E-state index is 0.0301. The summed E-state index contributed by atoms with van der Waals surface area (Å²) in [5.74, 6) is 0.404. The first-order valence-corrected chi connectivity index (χ1v) is 6.49. The van der Waals surface area contributed by atoms with Gasteiger partial charge >= 0.3 is 0 Å². The molecule has 1 aromatic rings. The lowest BCUT2D eigenvalue weighted by Gasteiger charge is -2.37. The van der Waals surface area contributed by atoms with Crippen molar-refractivity contribution in [3.8, 4) is 0 Å². The molecule has 1 aromatic heterocycles. The monoisotopic (exact) mass is 266 g/mol. The van der Waals surface area contributed by atoms with Gasteiger partial charge in [-0.05, 0) is 13.3 Å². The van der Waals surface area contributed by atoms with Crippen LogP contribution >= 0.6 is 0 Å². The maximum atomic E-state index is 12.3. The smallest absolute Gasteiger partial charge is 0.245 e. The molecule has 7 heteroatoms. The van der Waals surface area contributed by atoms with Crippen LogP contribution in [0.15, 0.2) is 10.9 Å². The van der Waals surface area contributed by atoms with Gasteiger partial charge in [0.15, 0.2) is 5.82 Å². The Morgan fingerprint density at radius 1 is 1.47 bits per heavy atom. The van der Waals surface area contributed by atoms with Gasteiger partial charge in [-0.2, -0.15) is 4.98 Å². The topological polar surface area (TPSA) is 88.3 Å². The number of hydrogen-bond acceptors (Lipinski definition) is 5. The Balaban J connectivity index is 2.02. The molecule has 104 valence electrons. The van der Waals surface area contributed by atoms with Gasteiger partial charge in [0.25, 0.3) is 0 Å². The van der Waals surface area contributed by atoms with Crippen LogP contribution < -0.4 is 5.32 Å². The van der Waals surface area contributed by atoms with E-state index in [1.165, 1.54) is 6.39 Å². The largest absolute Gasteiger partial charge is 0.343 e. The van der Waals surface area contributed by atoms with Crippen LogP contribution in [0.4, 0.5) is 0 Å². The lowest BCUT2D eigenvalue weighted by Crippen LogP contribution is -2.62. The average Bonchev–Trinajstić information content (AvgIpc) is 2.89. The van der Waals surface area contributed by atoms with E-state index in [4.69, 9.17) is 0 Å². The van der Waals surface area contributed by atoms with Crippen LogP contribution in [0.2, 0.25) is 0 Å². The molecule has 2 heterocycles. The lowest BCUT2D eigenvalue weighted by atomic mass is 10.0. The number of nitrogens with one attached hydrogen (secondary N) is 1. The fourth-order valence-corrected chi connectivity index (χ4v) is 2.20. The van der Waals surface area contributed by atoms with Crippen molar-refractivity contribution in [2.45, 2.75) is 45.2 Å². The third-order valence-electron chi connectivity index (χ3n) is 3.31. The van der Waals surface area contributed by atoms with Gasteiger partial charge < -0.3 is 14.7 Å². The van der Waals surface area contributed by atoms with Gasteiger partial charge in [0.05, 0.1) is 0 Å². The lowest BCUT2D eigenvalue weighted by molar-refractivity contribution is -0.148. The van der Waals surface area contributed by atoms with E-state index in [0.717, 1.165) is 6.42 Å². The van der Waals surface area contributed by atoms with E-state index in [1.54, 1.807) is 11.8 Å². The molecule has 1 N–H and O–H groups in total. The quantitative estimate of drug-likeness (QED) is 0.818. The molecule has 0 spiro atoms. The number of nitrogens with zero attached hydrogens (tertiary/aromatic N) is 3. The van der Waals surface area contributed by atoms with Crippen molar-refractivity contribution in [2.75, 3.05) is 6.54 Å².